The predicted octanol–water partition coefficient (Wildman–Crippen LogP) is 4.49. The molecule has 5 rings (SSSR count). The van der Waals surface area contributed by atoms with E-state index in [0.717, 1.165) is 36.0 Å². The van der Waals surface area contributed by atoms with E-state index < -0.39 is 0 Å². The molecule has 1 fully saturated rings. The van der Waals surface area contributed by atoms with Gasteiger partial charge in [0, 0.05) is 24.2 Å². The number of nitrogens with one attached hydrogen (secondary N) is 3. The maximum Gasteiger partial charge on any atom is 0.257 e. The molecule has 0 radical (unpaired) electrons. The van der Waals surface area contributed by atoms with Crippen molar-refractivity contribution in [2.75, 3.05) is 11.9 Å². The molecule has 1 atom stereocenters. The molecule has 1 aliphatic carbocycles. The van der Waals surface area contributed by atoms with Gasteiger partial charge in [-0.2, -0.15) is 10.8 Å². The average Bonchev–Trinajstić information content (AvgIpc) is 3.46. The normalized spacial score (nSPS) is 14.0. The number of ether oxygens (including phenoxy) is 2. The van der Waals surface area contributed by atoms with Gasteiger partial charge in [-0.05, 0) is 49.6 Å². The molecule has 1 aromatic carbocycles. The number of benzene rings is 1. The van der Waals surface area contributed by atoms with Crippen molar-refractivity contribution in [2.24, 2.45) is 5.84 Å². The van der Waals surface area contributed by atoms with E-state index >= 15 is 0 Å². The highest BCUT2D eigenvalue weighted by Gasteiger charge is 2.21. The van der Waals surface area contributed by atoms with Crippen LogP contribution in [0.3, 0.4) is 0 Å². The number of hydrogen-bond acceptors (Lipinski definition) is 11. The highest BCUT2D eigenvalue weighted by Crippen LogP contribution is 2.33. The van der Waals surface area contributed by atoms with E-state index in [-0.39, 0.29) is 6.10 Å². The van der Waals surface area contributed by atoms with Gasteiger partial charge < -0.3 is 14.8 Å². The molecule has 4 aromatic rings. The van der Waals surface area contributed by atoms with Gasteiger partial charge in [0.25, 0.3) is 5.88 Å². The molecule has 0 amide bonds. The van der Waals surface area contributed by atoms with Gasteiger partial charge in [0.15, 0.2) is 0 Å². The quantitative estimate of drug-likeness (QED) is 0.0757. The standard InChI is InChI=1S/C30H35N11O2/c1-21(17-40(20-32)39-33)43-28-13-22(10-11-23(28)14-31)24-15-35-30(36-16-24)37-27-18-41(26-8-3-2-4-9-26)38-29(27)42-19-25-7-5-6-12-34-25/h5-7,10-13,15-16,18,20-21,26,32,39H,2-4,8-9,17,19,33H2,1H3,(H,35,36,37)/t21-/m0/s1. The maximum atomic E-state index is 9.59. The molecule has 3 aromatic heterocycles. The molecule has 0 unspecified atom stereocenters. The molecule has 43 heavy (non-hydrogen) atoms. The molecule has 13 nitrogen and oxygen atoms in total. The summed E-state index contributed by atoms with van der Waals surface area (Å²) in [5, 5.41) is 26.4. The van der Waals surface area contributed by atoms with Gasteiger partial charge in [-0.25, -0.2) is 9.97 Å². The van der Waals surface area contributed by atoms with Crippen LogP contribution in [0.2, 0.25) is 0 Å². The fraction of sp³-hybridized carbons (Fsp3) is 0.333. The monoisotopic (exact) mass is 581 g/mol. The Hall–Kier alpha value is -5.06. The Labute approximate surface area is 250 Å². The number of nitrogens with two attached hydrogens (primary N) is 1. The summed E-state index contributed by atoms with van der Waals surface area (Å²) in [6, 6.07) is 13.5. The van der Waals surface area contributed by atoms with Crippen LogP contribution in [0.15, 0.2) is 61.2 Å². The topological polar surface area (TPSA) is 176 Å². The smallest absolute Gasteiger partial charge is 0.257 e. The van der Waals surface area contributed by atoms with Crippen LogP contribution in [0.4, 0.5) is 11.6 Å². The van der Waals surface area contributed by atoms with E-state index in [1.165, 1.54) is 24.3 Å². The van der Waals surface area contributed by atoms with Crippen molar-refractivity contribution in [3.8, 4) is 28.8 Å². The van der Waals surface area contributed by atoms with Crippen LogP contribution < -0.4 is 26.2 Å². The lowest BCUT2D eigenvalue weighted by molar-refractivity contribution is 0.162. The number of nitrogens with zero attached hydrogens (tertiary/aromatic N) is 7. The van der Waals surface area contributed by atoms with Crippen LogP contribution in [0, 0.1) is 16.7 Å². The Morgan fingerprint density at radius 1 is 1.16 bits per heavy atom. The van der Waals surface area contributed by atoms with Crippen LogP contribution in [-0.4, -0.2) is 48.7 Å². The highest BCUT2D eigenvalue weighted by atomic mass is 16.5. The minimum absolute atomic E-state index is 0.293. The van der Waals surface area contributed by atoms with Crippen molar-refractivity contribution >= 4 is 18.0 Å². The molecule has 13 heteroatoms. The van der Waals surface area contributed by atoms with Gasteiger partial charge in [-0.15, -0.1) is 5.10 Å². The molecule has 0 bridgehead atoms. The predicted molar refractivity (Wildman–Crippen MR) is 161 cm³/mol. The highest BCUT2D eigenvalue weighted by molar-refractivity contribution is 5.67. The lowest BCUT2D eigenvalue weighted by Crippen LogP contribution is -2.46. The molecular formula is C30H35N11O2. The van der Waals surface area contributed by atoms with E-state index in [1.54, 1.807) is 30.7 Å². The number of pyridine rings is 1. The molecule has 1 aliphatic rings. The molecular weight excluding hydrogens is 546 g/mol. The Morgan fingerprint density at radius 2 is 1.98 bits per heavy atom. The van der Waals surface area contributed by atoms with Gasteiger partial charge in [0.2, 0.25) is 5.95 Å². The first-order valence-electron chi connectivity index (χ1n) is 14.2. The van der Waals surface area contributed by atoms with Crippen molar-refractivity contribution < 1.29 is 9.47 Å². The Kier molecular flexibility index (Phi) is 9.73. The van der Waals surface area contributed by atoms with E-state index in [0.29, 0.717) is 48.0 Å². The van der Waals surface area contributed by atoms with E-state index in [1.807, 2.05) is 42.1 Å². The fourth-order valence-electron chi connectivity index (χ4n) is 4.95. The van der Waals surface area contributed by atoms with Gasteiger partial charge in [0.1, 0.15) is 30.2 Å². The van der Waals surface area contributed by atoms with Crippen LogP contribution in [0.25, 0.3) is 11.1 Å². The lowest BCUT2D eigenvalue weighted by atomic mass is 9.96. The largest absolute Gasteiger partial charge is 0.487 e. The third-order valence-corrected chi connectivity index (χ3v) is 7.17. The van der Waals surface area contributed by atoms with Crippen molar-refractivity contribution in [3.63, 3.8) is 0 Å². The van der Waals surface area contributed by atoms with Gasteiger partial charge in [-0.3, -0.25) is 25.9 Å². The average molecular weight is 582 g/mol. The van der Waals surface area contributed by atoms with E-state index in [9.17, 15) is 5.26 Å². The number of aromatic nitrogens is 5. The molecule has 1 saturated carbocycles. The summed E-state index contributed by atoms with van der Waals surface area (Å²) in [7, 11) is 0. The van der Waals surface area contributed by atoms with Crippen LogP contribution >= 0.6 is 0 Å². The van der Waals surface area contributed by atoms with Gasteiger partial charge in [0.05, 0.1) is 36.4 Å². The molecule has 5 N–H and O–H groups in total. The zero-order valence-corrected chi connectivity index (χ0v) is 24.0. The SMILES string of the molecule is C[C@@H](CN(C=N)NN)Oc1cc(-c2cnc(Nc3cn(C4CCCCC4)nc3OCc3ccccn3)nc2)ccc1C#N. The van der Waals surface area contributed by atoms with Gasteiger partial charge >= 0.3 is 0 Å². The second kappa shape index (κ2) is 14.2. The summed E-state index contributed by atoms with van der Waals surface area (Å²) < 4.78 is 14.1. The zero-order chi connectivity index (χ0) is 30.0. The first-order valence-corrected chi connectivity index (χ1v) is 14.2. The summed E-state index contributed by atoms with van der Waals surface area (Å²) in [6.07, 6.45) is 13.6. The van der Waals surface area contributed by atoms with Crippen molar-refractivity contribution in [2.45, 2.75) is 57.8 Å². The third kappa shape index (κ3) is 7.62. The van der Waals surface area contributed by atoms with E-state index in [2.05, 4.69) is 31.9 Å². The number of nitriles is 1. The first-order chi connectivity index (χ1) is 21.1. The first kappa shape index (κ1) is 29.4. The zero-order valence-electron chi connectivity index (χ0n) is 24.0. The number of anilines is 2. The molecule has 0 saturated heterocycles. The Bertz CT molecular complexity index is 1530. The second-order valence-corrected chi connectivity index (χ2v) is 10.3. The van der Waals surface area contributed by atoms with Crippen molar-refractivity contribution in [1.29, 1.82) is 10.7 Å². The van der Waals surface area contributed by atoms with Crippen molar-refractivity contribution in [3.05, 3.63) is 72.4 Å². The summed E-state index contributed by atoms with van der Waals surface area (Å²) in [6.45, 7) is 2.43. The van der Waals surface area contributed by atoms with Crippen LogP contribution in [0.1, 0.15) is 56.3 Å². The number of hydrazine groups is 2. The Balaban J connectivity index is 1.32. The number of rotatable bonds is 13. The number of hydrogen-bond donors (Lipinski definition) is 4. The summed E-state index contributed by atoms with van der Waals surface area (Å²) in [5.41, 5.74) is 5.83. The third-order valence-electron chi connectivity index (χ3n) is 7.17. The molecule has 0 spiro atoms. The second-order valence-electron chi connectivity index (χ2n) is 10.3. The summed E-state index contributed by atoms with van der Waals surface area (Å²) >= 11 is 0. The van der Waals surface area contributed by atoms with Crippen LogP contribution in [0.5, 0.6) is 11.6 Å². The maximum absolute atomic E-state index is 9.59. The van der Waals surface area contributed by atoms with E-state index in [4.69, 9.17) is 25.8 Å². The summed E-state index contributed by atoms with van der Waals surface area (Å²) in [4.78, 5) is 13.4. The Morgan fingerprint density at radius 3 is 2.67 bits per heavy atom. The van der Waals surface area contributed by atoms with Gasteiger partial charge in [-0.1, -0.05) is 31.4 Å². The van der Waals surface area contributed by atoms with Crippen molar-refractivity contribution in [1.82, 2.24) is 35.3 Å². The molecule has 3 heterocycles. The molecule has 0 aliphatic heterocycles. The molecule has 222 valence electrons. The van der Waals surface area contributed by atoms with Crippen LogP contribution in [-0.2, 0) is 6.61 Å². The lowest BCUT2D eigenvalue weighted by Gasteiger charge is -2.22. The minimum atomic E-state index is -0.355. The summed E-state index contributed by atoms with van der Waals surface area (Å²) in [5.74, 6) is 6.69. The fourth-order valence-corrected chi connectivity index (χ4v) is 4.95. The minimum Gasteiger partial charge on any atom is -0.487 e.